The number of anilines is 1. The van der Waals surface area contributed by atoms with Gasteiger partial charge in [0.2, 0.25) is 10.0 Å². The Bertz CT molecular complexity index is 1050. The largest absolute Gasteiger partial charge is 0.446 e. The van der Waals surface area contributed by atoms with Gasteiger partial charge in [0.1, 0.15) is 11.5 Å². The number of oxazole rings is 1. The van der Waals surface area contributed by atoms with Gasteiger partial charge in [-0.1, -0.05) is 30.3 Å². The van der Waals surface area contributed by atoms with E-state index < -0.39 is 10.0 Å². The SMILES string of the molecule is Cc1nc(-c2ccc(S(=O)(=O)N3CCN(c4ccccc4)CC3)cc2)c(C)o1. The van der Waals surface area contributed by atoms with Gasteiger partial charge in [-0.25, -0.2) is 13.4 Å². The predicted octanol–water partition coefficient (Wildman–Crippen LogP) is 3.47. The molecule has 1 aliphatic heterocycles. The molecule has 3 aromatic rings. The second-order valence-electron chi connectivity index (χ2n) is 6.89. The van der Waals surface area contributed by atoms with E-state index in [0.29, 0.717) is 37.0 Å². The first-order valence-electron chi connectivity index (χ1n) is 9.30. The van der Waals surface area contributed by atoms with Crippen molar-refractivity contribution < 1.29 is 12.8 Å². The van der Waals surface area contributed by atoms with Gasteiger partial charge in [-0.3, -0.25) is 0 Å². The first kappa shape index (κ1) is 18.7. The van der Waals surface area contributed by atoms with Gasteiger partial charge >= 0.3 is 0 Å². The third-order valence-electron chi connectivity index (χ3n) is 5.03. The van der Waals surface area contributed by atoms with Crippen LogP contribution in [0, 0.1) is 13.8 Å². The first-order chi connectivity index (χ1) is 13.4. The molecule has 7 heteroatoms. The number of nitrogens with zero attached hydrogens (tertiary/aromatic N) is 3. The van der Waals surface area contributed by atoms with Crippen molar-refractivity contribution in [2.24, 2.45) is 0 Å². The molecule has 0 bridgehead atoms. The summed E-state index contributed by atoms with van der Waals surface area (Å²) in [6, 6.07) is 17.0. The lowest BCUT2D eigenvalue weighted by Gasteiger charge is -2.35. The molecule has 0 atom stereocenters. The summed E-state index contributed by atoms with van der Waals surface area (Å²) in [5.74, 6) is 1.32. The van der Waals surface area contributed by atoms with Crippen molar-refractivity contribution in [3.63, 3.8) is 0 Å². The number of benzene rings is 2. The van der Waals surface area contributed by atoms with Crippen LogP contribution in [0.5, 0.6) is 0 Å². The Balaban J connectivity index is 1.49. The Morgan fingerprint density at radius 1 is 0.893 bits per heavy atom. The lowest BCUT2D eigenvalue weighted by molar-refractivity contribution is 0.385. The van der Waals surface area contributed by atoms with Crippen molar-refractivity contribution in [2.75, 3.05) is 31.1 Å². The van der Waals surface area contributed by atoms with Gasteiger partial charge in [0, 0.05) is 44.4 Å². The van der Waals surface area contributed by atoms with Gasteiger partial charge < -0.3 is 9.32 Å². The van der Waals surface area contributed by atoms with Crippen molar-refractivity contribution in [2.45, 2.75) is 18.7 Å². The number of piperazine rings is 1. The lowest BCUT2D eigenvalue weighted by Crippen LogP contribution is -2.48. The highest BCUT2D eigenvalue weighted by atomic mass is 32.2. The minimum Gasteiger partial charge on any atom is -0.446 e. The number of hydrogen-bond donors (Lipinski definition) is 0. The molecule has 0 saturated carbocycles. The van der Waals surface area contributed by atoms with Crippen LogP contribution in [0.4, 0.5) is 5.69 Å². The molecule has 1 aromatic heterocycles. The molecule has 0 radical (unpaired) electrons. The number of hydrogen-bond acceptors (Lipinski definition) is 5. The molecule has 146 valence electrons. The zero-order chi connectivity index (χ0) is 19.7. The highest BCUT2D eigenvalue weighted by Gasteiger charge is 2.28. The minimum absolute atomic E-state index is 0.308. The van der Waals surface area contributed by atoms with E-state index in [1.54, 1.807) is 35.5 Å². The fourth-order valence-electron chi connectivity index (χ4n) is 3.56. The third-order valence-corrected chi connectivity index (χ3v) is 6.94. The molecule has 1 fully saturated rings. The molecule has 1 aliphatic rings. The number of sulfonamides is 1. The Labute approximate surface area is 165 Å². The Morgan fingerprint density at radius 2 is 1.54 bits per heavy atom. The van der Waals surface area contributed by atoms with Crippen LogP contribution in [0.1, 0.15) is 11.7 Å². The molecule has 0 spiro atoms. The maximum atomic E-state index is 13.0. The van der Waals surface area contributed by atoms with Gasteiger partial charge in [0.15, 0.2) is 5.89 Å². The zero-order valence-corrected chi connectivity index (χ0v) is 16.8. The fourth-order valence-corrected chi connectivity index (χ4v) is 4.98. The number of aryl methyl sites for hydroxylation is 2. The van der Waals surface area contributed by atoms with Gasteiger partial charge in [0.25, 0.3) is 0 Å². The average molecular weight is 398 g/mol. The number of rotatable bonds is 4. The van der Waals surface area contributed by atoms with Crippen LogP contribution in [-0.4, -0.2) is 43.9 Å². The van der Waals surface area contributed by atoms with Crippen molar-refractivity contribution in [3.8, 4) is 11.3 Å². The van der Waals surface area contributed by atoms with Crippen molar-refractivity contribution >= 4 is 15.7 Å². The highest BCUT2D eigenvalue weighted by Crippen LogP contribution is 2.26. The van der Waals surface area contributed by atoms with Crippen molar-refractivity contribution in [1.82, 2.24) is 9.29 Å². The predicted molar refractivity (Wildman–Crippen MR) is 109 cm³/mol. The van der Waals surface area contributed by atoms with E-state index in [4.69, 9.17) is 4.42 Å². The van der Waals surface area contributed by atoms with E-state index in [-0.39, 0.29) is 0 Å². The Morgan fingerprint density at radius 3 is 2.11 bits per heavy atom. The van der Waals surface area contributed by atoms with Crippen LogP contribution in [0.15, 0.2) is 63.9 Å². The maximum Gasteiger partial charge on any atom is 0.243 e. The topological polar surface area (TPSA) is 66.7 Å². The molecule has 1 saturated heterocycles. The smallest absolute Gasteiger partial charge is 0.243 e. The Kier molecular flexibility index (Phi) is 4.95. The molecule has 4 rings (SSSR count). The summed E-state index contributed by atoms with van der Waals surface area (Å²) in [6.45, 7) is 5.95. The highest BCUT2D eigenvalue weighted by molar-refractivity contribution is 7.89. The van der Waals surface area contributed by atoms with Crippen LogP contribution in [-0.2, 0) is 10.0 Å². The van der Waals surface area contributed by atoms with E-state index >= 15 is 0 Å². The van der Waals surface area contributed by atoms with E-state index in [1.807, 2.05) is 25.1 Å². The van der Waals surface area contributed by atoms with Crippen LogP contribution in [0.3, 0.4) is 0 Å². The van der Waals surface area contributed by atoms with Crippen molar-refractivity contribution in [3.05, 3.63) is 66.2 Å². The summed E-state index contributed by atoms with van der Waals surface area (Å²) in [5, 5.41) is 0. The molecule has 0 amide bonds. The monoisotopic (exact) mass is 397 g/mol. The normalized spacial score (nSPS) is 15.7. The first-order valence-corrected chi connectivity index (χ1v) is 10.7. The van der Waals surface area contributed by atoms with Crippen LogP contribution in [0.2, 0.25) is 0 Å². The summed E-state index contributed by atoms with van der Waals surface area (Å²) in [5.41, 5.74) is 2.72. The molecular weight excluding hydrogens is 374 g/mol. The van der Waals surface area contributed by atoms with Gasteiger partial charge in [0.05, 0.1) is 4.90 Å². The molecular formula is C21H23N3O3S. The van der Waals surface area contributed by atoms with E-state index in [1.165, 1.54) is 0 Å². The van der Waals surface area contributed by atoms with Gasteiger partial charge in [-0.2, -0.15) is 4.31 Å². The number of aromatic nitrogens is 1. The molecule has 2 aromatic carbocycles. The van der Waals surface area contributed by atoms with Crippen LogP contribution < -0.4 is 4.90 Å². The summed E-state index contributed by atoms with van der Waals surface area (Å²) in [7, 11) is -3.51. The summed E-state index contributed by atoms with van der Waals surface area (Å²) >= 11 is 0. The molecule has 6 nitrogen and oxygen atoms in total. The molecule has 0 unspecified atom stereocenters. The molecule has 0 N–H and O–H groups in total. The minimum atomic E-state index is -3.51. The standard InChI is InChI=1S/C21H23N3O3S/c1-16-21(22-17(2)27-16)18-8-10-20(11-9-18)28(25,26)24-14-12-23(13-15-24)19-6-4-3-5-7-19/h3-11H,12-15H2,1-2H3. The fraction of sp³-hybridized carbons (Fsp3) is 0.286. The van der Waals surface area contributed by atoms with Gasteiger partial charge in [-0.15, -0.1) is 0 Å². The molecule has 2 heterocycles. The Hall–Kier alpha value is -2.64. The van der Waals surface area contributed by atoms with Crippen molar-refractivity contribution in [1.29, 1.82) is 0 Å². The maximum absolute atomic E-state index is 13.0. The summed E-state index contributed by atoms with van der Waals surface area (Å²) in [6.07, 6.45) is 0. The van der Waals surface area contributed by atoms with E-state index in [9.17, 15) is 8.42 Å². The quantitative estimate of drug-likeness (QED) is 0.674. The zero-order valence-electron chi connectivity index (χ0n) is 16.0. The van der Waals surface area contributed by atoms with Crippen LogP contribution in [0.25, 0.3) is 11.3 Å². The van der Waals surface area contributed by atoms with E-state index in [2.05, 4.69) is 22.0 Å². The average Bonchev–Trinajstić information content (AvgIpc) is 3.07. The summed E-state index contributed by atoms with van der Waals surface area (Å²) < 4.78 is 33.1. The second-order valence-corrected chi connectivity index (χ2v) is 8.83. The number of para-hydroxylation sites is 1. The summed E-state index contributed by atoms with van der Waals surface area (Å²) in [4.78, 5) is 6.89. The van der Waals surface area contributed by atoms with E-state index in [0.717, 1.165) is 22.7 Å². The van der Waals surface area contributed by atoms with Crippen LogP contribution >= 0.6 is 0 Å². The molecule has 28 heavy (non-hydrogen) atoms. The molecule has 0 aliphatic carbocycles. The third kappa shape index (κ3) is 3.55. The second kappa shape index (κ2) is 7.41. The lowest BCUT2D eigenvalue weighted by atomic mass is 10.1. The van der Waals surface area contributed by atoms with Gasteiger partial charge in [-0.05, 0) is 31.2 Å².